The molecule has 0 radical (unpaired) electrons. The predicted molar refractivity (Wildman–Crippen MR) is 160 cm³/mol. The number of halogens is 2. The van der Waals surface area contributed by atoms with Crippen molar-refractivity contribution in [3.63, 3.8) is 0 Å². The average Bonchev–Trinajstić information content (AvgIpc) is 2.93. The second kappa shape index (κ2) is 11.8. The lowest BCUT2D eigenvalue weighted by molar-refractivity contribution is 0.475. The number of azo groups is 1. The molecular formula is C25H17Cl2N7O8S2. The van der Waals surface area contributed by atoms with Crippen LogP contribution in [-0.2, 0) is 20.2 Å². The zero-order chi connectivity index (χ0) is 31.8. The molecule has 0 aliphatic rings. The third kappa shape index (κ3) is 6.77. The van der Waals surface area contributed by atoms with Crippen molar-refractivity contribution in [1.82, 2.24) is 15.0 Å². The number of nitrogens with zero attached hydrogens (tertiary/aromatic N) is 5. The molecule has 0 aliphatic heterocycles. The molecule has 4 aromatic carbocycles. The summed E-state index contributed by atoms with van der Waals surface area (Å²) in [5.41, 5.74) is -0.0317. The van der Waals surface area contributed by atoms with Gasteiger partial charge in [-0.2, -0.15) is 31.8 Å². The minimum atomic E-state index is -4.73. The molecule has 0 fully saturated rings. The van der Waals surface area contributed by atoms with E-state index in [4.69, 9.17) is 23.2 Å². The van der Waals surface area contributed by atoms with Gasteiger partial charge in [-0.3, -0.25) is 9.11 Å². The van der Waals surface area contributed by atoms with Gasteiger partial charge in [0.15, 0.2) is 11.5 Å². The number of aromatic nitrogens is 3. The van der Waals surface area contributed by atoms with Crippen molar-refractivity contribution in [3.8, 4) is 11.5 Å². The van der Waals surface area contributed by atoms with Gasteiger partial charge in [0.05, 0.1) is 20.5 Å². The summed E-state index contributed by atoms with van der Waals surface area (Å²) in [7, 11) is -9.23. The number of hydrogen-bond acceptors (Lipinski definition) is 13. The molecule has 5 rings (SSSR count). The third-order valence-electron chi connectivity index (χ3n) is 5.81. The standard InChI is InChI=1S/C25H17Cl2N7O8S2/c26-16-5-2-6-17(21(16)35)33-34-18-8-7-12-9-15(44(40,41)42)11-19(20(12)22(18)36)29-25-31-23(27)30-24(32-25)28-13-3-1-4-14(10-13)43(37,38)39/h1-11,35-36H,(H,37,38,39)(H,40,41,42)(H2,28,29,30,31,32)/b34-33+. The van der Waals surface area contributed by atoms with Crippen LogP contribution in [0, 0.1) is 0 Å². The summed E-state index contributed by atoms with van der Waals surface area (Å²) >= 11 is 12.0. The molecule has 0 amide bonds. The molecule has 0 bridgehead atoms. The van der Waals surface area contributed by atoms with Gasteiger partial charge in [-0.15, -0.1) is 10.2 Å². The lowest BCUT2D eigenvalue weighted by Crippen LogP contribution is -2.06. The largest absolute Gasteiger partial charge is 0.505 e. The Morgan fingerprint density at radius 3 is 2.00 bits per heavy atom. The van der Waals surface area contributed by atoms with Crippen LogP contribution in [0.2, 0.25) is 10.3 Å². The predicted octanol–water partition coefficient (Wildman–Crippen LogP) is 6.14. The molecule has 6 N–H and O–H groups in total. The van der Waals surface area contributed by atoms with Crippen molar-refractivity contribution in [2.75, 3.05) is 10.6 Å². The highest BCUT2D eigenvalue weighted by atomic mass is 35.5. The maximum Gasteiger partial charge on any atom is 0.294 e. The molecule has 0 unspecified atom stereocenters. The van der Waals surface area contributed by atoms with Crippen LogP contribution in [0.15, 0.2) is 86.7 Å². The fourth-order valence-electron chi connectivity index (χ4n) is 3.87. The molecule has 44 heavy (non-hydrogen) atoms. The van der Waals surface area contributed by atoms with Gasteiger partial charge < -0.3 is 20.8 Å². The fourth-order valence-corrected chi connectivity index (χ4v) is 5.27. The number of fused-ring (bicyclic) bond motifs is 1. The van der Waals surface area contributed by atoms with Crippen molar-refractivity contribution in [2.24, 2.45) is 10.2 Å². The molecule has 19 heteroatoms. The van der Waals surface area contributed by atoms with Gasteiger partial charge in [-0.05, 0) is 65.5 Å². The van der Waals surface area contributed by atoms with E-state index in [1.165, 1.54) is 48.5 Å². The lowest BCUT2D eigenvalue weighted by Gasteiger charge is -2.14. The van der Waals surface area contributed by atoms with E-state index in [1.807, 2.05) is 0 Å². The first-order chi connectivity index (χ1) is 20.7. The molecule has 1 aromatic heterocycles. The molecule has 0 atom stereocenters. The molecule has 0 spiro atoms. The Kier molecular flexibility index (Phi) is 8.25. The van der Waals surface area contributed by atoms with E-state index in [0.29, 0.717) is 0 Å². The highest BCUT2D eigenvalue weighted by molar-refractivity contribution is 7.86. The quantitative estimate of drug-likeness (QED) is 0.0800. The Morgan fingerprint density at radius 2 is 1.32 bits per heavy atom. The molecule has 15 nitrogen and oxygen atoms in total. The van der Waals surface area contributed by atoms with E-state index in [1.54, 1.807) is 0 Å². The molecular weight excluding hydrogens is 661 g/mol. The molecule has 226 valence electrons. The molecule has 5 aromatic rings. The minimum absolute atomic E-state index is 0.0102. The molecule has 0 saturated heterocycles. The van der Waals surface area contributed by atoms with Crippen LogP contribution in [0.4, 0.5) is 34.6 Å². The van der Waals surface area contributed by atoms with E-state index in [9.17, 15) is 36.2 Å². The number of phenols is 2. The maximum absolute atomic E-state index is 12.0. The van der Waals surface area contributed by atoms with Crippen molar-refractivity contribution >= 4 is 88.9 Å². The van der Waals surface area contributed by atoms with Gasteiger partial charge in [-0.1, -0.05) is 29.8 Å². The third-order valence-corrected chi connectivity index (χ3v) is 7.97. The number of phenolic OH excluding ortho intramolecular Hbond substituents is 2. The zero-order valence-electron chi connectivity index (χ0n) is 21.6. The minimum Gasteiger partial charge on any atom is -0.505 e. The SMILES string of the molecule is O=S(=O)(O)c1cccc(Nc2nc(Cl)nc(Nc3cc(S(=O)(=O)O)cc4ccc(/N=N/c5cccc(Cl)c5O)c(O)c34)n2)c1. The van der Waals surface area contributed by atoms with Crippen LogP contribution in [-0.4, -0.2) is 51.1 Å². The summed E-state index contributed by atoms with van der Waals surface area (Å²) in [5, 5.41) is 34.4. The van der Waals surface area contributed by atoms with E-state index in [0.717, 1.165) is 18.2 Å². The Bertz CT molecular complexity index is 2200. The van der Waals surface area contributed by atoms with E-state index in [2.05, 4.69) is 35.8 Å². The Hall–Kier alpha value is -4.65. The van der Waals surface area contributed by atoms with Gasteiger partial charge in [0.2, 0.25) is 17.2 Å². The monoisotopic (exact) mass is 677 g/mol. The van der Waals surface area contributed by atoms with Crippen molar-refractivity contribution in [2.45, 2.75) is 9.79 Å². The summed E-state index contributed by atoms with van der Waals surface area (Å²) in [4.78, 5) is 11.1. The summed E-state index contributed by atoms with van der Waals surface area (Å²) in [5.74, 6) is -1.25. The van der Waals surface area contributed by atoms with E-state index >= 15 is 0 Å². The number of anilines is 4. The van der Waals surface area contributed by atoms with E-state index in [-0.39, 0.29) is 61.5 Å². The van der Waals surface area contributed by atoms with Crippen LogP contribution < -0.4 is 10.6 Å². The van der Waals surface area contributed by atoms with Gasteiger partial charge in [0, 0.05) is 11.1 Å². The molecule has 0 saturated carbocycles. The van der Waals surface area contributed by atoms with Crippen molar-refractivity contribution in [1.29, 1.82) is 0 Å². The van der Waals surface area contributed by atoms with Crippen LogP contribution in [0.1, 0.15) is 0 Å². The first kappa shape index (κ1) is 30.8. The van der Waals surface area contributed by atoms with Crippen LogP contribution in [0.5, 0.6) is 11.5 Å². The highest BCUT2D eigenvalue weighted by Crippen LogP contribution is 2.42. The highest BCUT2D eigenvalue weighted by Gasteiger charge is 2.19. The van der Waals surface area contributed by atoms with E-state index < -0.39 is 35.8 Å². The normalized spacial score (nSPS) is 12.1. The summed E-state index contributed by atoms with van der Waals surface area (Å²) in [6.45, 7) is 0. The molecule has 0 aliphatic carbocycles. The summed E-state index contributed by atoms with van der Waals surface area (Å²) < 4.78 is 66.1. The van der Waals surface area contributed by atoms with Gasteiger partial charge in [0.1, 0.15) is 11.4 Å². The van der Waals surface area contributed by atoms with Crippen LogP contribution in [0.25, 0.3) is 10.8 Å². The Balaban J connectivity index is 1.58. The van der Waals surface area contributed by atoms with Gasteiger partial charge in [0.25, 0.3) is 20.2 Å². The van der Waals surface area contributed by atoms with Crippen molar-refractivity contribution in [3.05, 3.63) is 77.0 Å². The number of rotatable bonds is 8. The first-order valence-corrected chi connectivity index (χ1v) is 15.5. The number of hydrogen-bond donors (Lipinski definition) is 6. The maximum atomic E-state index is 12.0. The van der Waals surface area contributed by atoms with Gasteiger partial charge in [-0.25, -0.2) is 0 Å². The Labute approximate surface area is 258 Å². The smallest absolute Gasteiger partial charge is 0.294 e. The average molecular weight is 678 g/mol. The number of para-hydroxylation sites is 1. The summed E-state index contributed by atoms with van der Waals surface area (Å²) in [6.07, 6.45) is 0. The fraction of sp³-hybridized carbons (Fsp3) is 0. The molecule has 1 heterocycles. The van der Waals surface area contributed by atoms with Crippen LogP contribution in [0.3, 0.4) is 0 Å². The number of nitrogens with one attached hydrogen (secondary N) is 2. The topological polar surface area (TPSA) is 237 Å². The number of aromatic hydroxyl groups is 2. The zero-order valence-corrected chi connectivity index (χ0v) is 24.7. The first-order valence-electron chi connectivity index (χ1n) is 11.9. The second-order valence-electron chi connectivity index (χ2n) is 8.79. The summed E-state index contributed by atoms with van der Waals surface area (Å²) in [6, 6.07) is 14.3. The number of benzene rings is 4. The Morgan fingerprint density at radius 1 is 0.682 bits per heavy atom. The lowest BCUT2D eigenvalue weighted by atomic mass is 10.1. The van der Waals surface area contributed by atoms with Crippen LogP contribution >= 0.6 is 23.2 Å². The second-order valence-corrected chi connectivity index (χ2v) is 12.4. The van der Waals surface area contributed by atoms with Crippen molar-refractivity contribution < 1.29 is 36.2 Å². The van der Waals surface area contributed by atoms with Gasteiger partial charge >= 0.3 is 0 Å².